The summed E-state index contributed by atoms with van der Waals surface area (Å²) >= 11 is 0. The number of fused-ring (bicyclic) bond motifs is 1. The summed E-state index contributed by atoms with van der Waals surface area (Å²) in [6, 6.07) is 4.37. The highest BCUT2D eigenvalue weighted by Gasteiger charge is 2.39. The third-order valence-electron chi connectivity index (χ3n) is 3.81. The topological polar surface area (TPSA) is 55.1 Å². The van der Waals surface area contributed by atoms with Crippen LogP contribution in [0.5, 0.6) is 0 Å². The maximum absolute atomic E-state index is 12.0. The predicted octanol–water partition coefficient (Wildman–Crippen LogP) is 2.37. The predicted molar refractivity (Wildman–Crippen MR) is 74.9 cm³/mol. The third kappa shape index (κ3) is 2.03. The lowest BCUT2D eigenvalue weighted by Gasteiger charge is -2.17. The van der Waals surface area contributed by atoms with Gasteiger partial charge in [-0.25, -0.2) is 0 Å². The van der Waals surface area contributed by atoms with E-state index in [0.29, 0.717) is 6.54 Å². The van der Waals surface area contributed by atoms with Gasteiger partial charge in [-0.1, -0.05) is 19.1 Å². The van der Waals surface area contributed by atoms with Crippen LogP contribution in [0.2, 0.25) is 0 Å². The smallest absolute Gasteiger partial charge is 0.234 e. The van der Waals surface area contributed by atoms with E-state index in [-0.39, 0.29) is 5.91 Å². The lowest BCUT2D eigenvalue weighted by atomic mass is 9.83. The van der Waals surface area contributed by atoms with Crippen molar-refractivity contribution in [3.8, 4) is 0 Å². The second-order valence-corrected chi connectivity index (χ2v) is 5.50. The summed E-state index contributed by atoms with van der Waals surface area (Å²) in [5.41, 5.74) is 9.85. The van der Waals surface area contributed by atoms with Crippen LogP contribution in [0.4, 0.5) is 5.69 Å². The summed E-state index contributed by atoms with van der Waals surface area (Å²) in [7, 11) is 0. The van der Waals surface area contributed by atoms with E-state index in [1.165, 1.54) is 11.1 Å². The number of rotatable bonds is 4. The minimum Gasteiger partial charge on any atom is -0.330 e. The van der Waals surface area contributed by atoms with Gasteiger partial charge in [-0.05, 0) is 56.3 Å². The van der Waals surface area contributed by atoms with Crippen LogP contribution in [0, 0.1) is 0 Å². The van der Waals surface area contributed by atoms with E-state index in [0.717, 1.165) is 30.5 Å². The van der Waals surface area contributed by atoms with Crippen molar-refractivity contribution in [2.24, 2.45) is 5.73 Å². The van der Waals surface area contributed by atoms with Crippen LogP contribution in [-0.2, 0) is 23.1 Å². The average Bonchev–Trinajstić information content (AvgIpc) is 2.58. The molecule has 3 nitrogen and oxygen atoms in total. The molecule has 0 bridgehead atoms. The first kappa shape index (κ1) is 13.1. The Morgan fingerprint density at radius 3 is 2.67 bits per heavy atom. The molecule has 18 heavy (non-hydrogen) atoms. The van der Waals surface area contributed by atoms with E-state index in [2.05, 4.69) is 24.4 Å². The zero-order valence-corrected chi connectivity index (χ0v) is 11.5. The summed E-state index contributed by atoms with van der Waals surface area (Å²) in [5.74, 6) is 0.100. The van der Waals surface area contributed by atoms with Gasteiger partial charge >= 0.3 is 0 Å². The number of nitrogens with one attached hydrogen (secondary N) is 1. The Morgan fingerprint density at radius 1 is 1.33 bits per heavy atom. The molecule has 1 aromatic rings. The first-order chi connectivity index (χ1) is 8.50. The molecule has 1 aliphatic heterocycles. The highest BCUT2D eigenvalue weighted by Crippen LogP contribution is 2.40. The number of hydrogen-bond donors (Lipinski definition) is 2. The molecule has 3 N–H and O–H groups in total. The van der Waals surface area contributed by atoms with Gasteiger partial charge in [0, 0.05) is 5.69 Å². The standard InChI is InChI=1S/C15H22N2O/c1-4-11-8-10(6-5-7-16)9-12-13(11)17-14(18)15(12,2)3/h8-9H,4-7,16H2,1-3H3,(H,17,18). The summed E-state index contributed by atoms with van der Waals surface area (Å²) in [4.78, 5) is 12.0. The van der Waals surface area contributed by atoms with Gasteiger partial charge in [0.1, 0.15) is 0 Å². The molecule has 1 aliphatic rings. The normalized spacial score (nSPS) is 16.6. The molecule has 2 rings (SSSR count). The number of nitrogens with two attached hydrogens (primary N) is 1. The Hall–Kier alpha value is -1.35. The van der Waals surface area contributed by atoms with Crippen LogP contribution >= 0.6 is 0 Å². The van der Waals surface area contributed by atoms with Crippen LogP contribution in [0.3, 0.4) is 0 Å². The lowest BCUT2D eigenvalue weighted by molar-refractivity contribution is -0.119. The van der Waals surface area contributed by atoms with Gasteiger partial charge < -0.3 is 11.1 Å². The molecular formula is C15H22N2O. The number of benzene rings is 1. The average molecular weight is 246 g/mol. The largest absolute Gasteiger partial charge is 0.330 e. The Morgan fingerprint density at radius 2 is 2.06 bits per heavy atom. The minimum atomic E-state index is -0.419. The molecule has 1 aromatic carbocycles. The number of amides is 1. The minimum absolute atomic E-state index is 0.100. The van der Waals surface area contributed by atoms with Crippen LogP contribution in [0.1, 0.15) is 43.9 Å². The molecule has 0 saturated heterocycles. The molecule has 0 saturated carbocycles. The van der Waals surface area contributed by atoms with E-state index in [9.17, 15) is 4.79 Å². The molecule has 3 heteroatoms. The van der Waals surface area contributed by atoms with E-state index >= 15 is 0 Å². The Labute approximate surface area is 109 Å². The maximum Gasteiger partial charge on any atom is 0.234 e. The van der Waals surface area contributed by atoms with Crippen molar-refractivity contribution >= 4 is 11.6 Å². The fourth-order valence-corrected chi connectivity index (χ4v) is 2.53. The van der Waals surface area contributed by atoms with Crippen LogP contribution in [-0.4, -0.2) is 12.5 Å². The second-order valence-electron chi connectivity index (χ2n) is 5.50. The number of anilines is 1. The van der Waals surface area contributed by atoms with Gasteiger partial charge in [-0.2, -0.15) is 0 Å². The van der Waals surface area contributed by atoms with Gasteiger partial charge in [-0.15, -0.1) is 0 Å². The van der Waals surface area contributed by atoms with Crippen LogP contribution < -0.4 is 11.1 Å². The fraction of sp³-hybridized carbons (Fsp3) is 0.533. The summed E-state index contributed by atoms with van der Waals surface area (Å²) in [6.45, 7) is 6.81. The SMILES string of the molecule is CCc1cc(CCCN)cc2c1NC(=O)C2(C)C. The van der Waals surface area contributed by atoms with Gasteiger partial charge in [-0.3, -0.25) is 4.79 Å². The zero-order chi connectivity index (χ0) is 13.3. The van der Waals surface area contributed by atoms with Gasteiger partial charge in [0.15, 0.2) is 0 Å². The van der Waals surface area contributed by atoms with Crippen molar-refractivity contribution in [1.82, 2.24) is 0 Å². The highest BCUT2D eigenvalue weighted by molar-refractivity contribution is 6.06. The number of carbonyl (C=O) groups is 1. The van der Waals surface area contributed by atoms with Crippen molar-refractivity contribution in [3.05, 3.63) is 28.8 Å². The third-order valence-corrected chi connectivity index (χ3v) is 3.81. The quantitative estimate of drug-likeness (QED) is 0.857. The molecule has 0 aromatic heterocycles. The molecule has 0 aliphatic carbocycles. The molecule has 0 atom stereocenters. The summed E-state index contributed by atoms with van der Waals surface area (Å²) < 4.78 is 0. The number of hydrogen-bond acceptors (Lipinski definition) is 2. The van der Waals surface area contributed by atoms with Crippen molar-refractivity contribution in [2.75, 3.05) is 11.9 Å². The maximum atomic E-state index is 12.0. The Balaban J connectivity index is 2.47. The molecule has 1 heterocycles. The molecular weight excluding hydrogens is 224 g/mol. The summed E-state index contributed by atoms with van der Waals surface area (Å²) in [5, 5.41) is 3.03. The Bertz CT molecular complexity index is 478. The van der Waals surface area contributed by atoms with Crippen molar-refractivity contribution in [1.29, 1.82) is 0 Å². The first-order valence-corrected chi connectivity index (χ1v) is 6.68. The van der Waals surface area contributed by atoms with E-state index in [1.807, 2.05) is 13.8 Å². The molecule has 0 spiro atoms. The second kappa shape index (κ2) is 4.73. The molecule has 0 fully saturated rings. The van der Waals surface area contributed by atoms with Gasteiger partial charge in [0.05, 0.1) is 5.41 Å². The number of carbonyl (C=O) groups excluding carboxylic acids is 1. The van der Waals surface area contributed by atoms with Crippen LogP contribution in [0.15, 0.2) is 12.1 Å². The lowest BCUT2D eigenvalue weighted by Crippen LogP contribution is -2.26. The zero-order valence-electron chi connectivity index (χ0n) is 11.5. The Kier molecular flexibility index (Phi) is 3.44. The first-order valence-electron chi connectivity index (χ1n) is 6.68. The molecule has 1 amide bonds. The number of aryl methyl sites for hydroxylation is 2. The van der Waals surface area contributed by atoms with E-state index < -0.39 is 5.41 Å². The van der Waals surface area contributed by atoms with Crippen molar-refractivity contribution in [2.45, 2.75) is 45.4 Å². The molecule has 98 valence electrons. The highest BCUT2D eigenvalue weighted by atomic mass is 16.2. The molecule has 0 unspecified atom stereocenters. The van der Waals surface area contributed by atoms with Crippen LogP contribution in [0.25, 0.3) is 0 Å². The van der Waals surface area contributed by atoms with Crippen molar-refractivity contribution < 1.29 is 4.79 Å². The van der Waals surface area contributed by atoms with E-state index in [4.69, 9.17) is 5.73 Å². The monoisotopic (exact) mass is 246 g/mol. The molecule has 0 radical (unpaired) electrons. The van der Waals surface area contributed by atoms with Gasteiger partial charge in [0.2, 0.25) is 5.91 Å². The summed E-state index contributed by atoms with van der Waals surface area (Å²) in [6.07, 6.45) is 2.92. The van der Waals surface area contributed by atoms with Crippen molar-refractivity contribution in [3.63, 3.8) is 0 Å². The van der Waals surface area contributed by atoms with E-state index in [1.54, 1.807) is 0 Å². The fourth-order valence-electron chi connectivity index (χ4n) is 2.53. The van der Waals surface area contributed by atoms with Gasteiger partial charge in [0.25, 0.3) is 0 Å².